The van der Waals surface area contributed by atoms with E-state index in [1.165, 1.54) is 0 Å². The highest BCUT2D eigenvalue weighted by molar-refractivity contribution is 7.10. The Morgan fingerprint density at radius 2 is 1.76 bits per heavy atom. The lowest BCUT2D eigenvalue weighted by Gasteiger charge is -2.36. The number of piperazine rings is 1. The van der Waals surface area contributed by atoms with Crippen molar-refractivity contribution in [3.63, 3.8) is 0 Å². The summed E-state index contributed by atoms with van der Waals surface area (Å²) in [5.74, 6) is 0.404. The fraction of sp³-hybridized carbons (Fsp3) is 0.273. The second-order valence-corrected chi connectivity index (χ2v) is 8.55. The molecule has 2 aromatic carbocycles. The fourth-order valence-electron chi connectivity index (χ4n) is 3.43. The van der Waals surface area contributed by atoms with Gasteiger partial charge >= 0.3 is 6.03 Å². The summed E-state index contributed by atoms with van der Waals surface area (Å²) < 4.78 is 9.04. The van der Waals surface area contributed by atoms with E-state index in [1.54, 1.807) is 24.1 Å². The van der Waals surface area contributed by atoms with Gasteiger partial charge in [-0.1, -0.05) is 28.2 Å². The fourth-order valence-corrected chi connectivity index (χ4v) is 4.11. The highest BCUT2D eigenvalue weighted by Gasteiger charge is 2.24. The number of amides is 3. The molecule has 0 atom stereocenters. The van der Waals surface area contributed by atoms with Crippen molar-refractivity contribution in [2.75, 3.05) is 43.5 Å². The van der Waals surface area contributed by atoms with Gasteiger partial charge in [0.15, 0.2) is 10.7 Å². The van der Waals surface area contributed by atoms with Crippen LogP contribution in [0.1, 0.15) is 16.1 Å². The minimum absolute atomic E-state index is 0.0965. The van der Waals surface area contributed by atoms with Crippen molar-refractivity contribution >= 4 is 45.8 Å². The predicted molar refractivity (Wildman–Crippen MR) is 128 cm³/mol. The molecule has 172 valence electrons. The number of aromatic nitrogens is 2. The Labute approximate surface area is 200 Å². The van der Waals surface area contributed by atoms with Crippen LogP contribution in [-0.4, -0.2) is 59.7 Å². The highest BCUT2D eigenvalue weighted by Crippen LogP contribution is 2.22. The number of carbonyl (C=O) groups excluding carboxylic acids is 2. The maximum absolute atomic E-state index is 12.8. The molecule has 0 spiro atoms. The Morgan fingerprint density at radius 3 is 2.42 bits per heavy atom. The monoisotopic (exact) mass is 486 g/mol. The quantitative estimate of drug-likeness (QED) is 0.553. The van der Waals surface area contributed by atoms with Gasteiger partial charge in [-0.3, -0.25) is 10.1 Å². The zero-order chi connectivity index (χ0) is 23.2. The highest BCUT2D eigenvalue weighted by atomic mass is 35.5. The number of hydrogen-bond acceptors (Lipinski definition) is 7. The van der Waals surface area contributed by atoms with Crippen molar-refractivity contribution in [1.29, 1.82) is 0 Å². The summed E-state index contributed by atoms with van der Waals surface area (Å²) >= 11 is 6.86. The van der Waals surface area contributed by atoms with Gasteiger partial charge in [-0.15, -0.1) is 5.10 Å². The van der Waals surface area contributed by atoms with Crippen LogP contribution in [0.4, 0.5) is 15.5 Å². The Balaban J connectivity index is 1.30. The van der Waals surface area contributed by atoms with E-state index in [2.05, 4.69) is 25.1 Å². The number of benzene rings is 2. The number of nitrogens with zero attached hydrogens (tertiary/aromatic N) is 4. The molecule has 0 radical (unpaired) electrons. The minimum atomic E-state index is -0.404. The number of rotatable bonds is 6. The first-order valence-electron chi connectivity index (χ1n) is 10.3. The van der Waals surface area contributed by atoms with Crippen LogP contribution < -0.4 is 20.3 Å². The molecule has 1 saturated heterocycles. The normalized spacial score (nSPS) is 13.5. The number of halogens is 1. The standard InChI is InChI=1S/C22H23ClN6O3S/c1-32-18-8-6-17(7-9-18)28-10-12-29(13-11-28)22(31)25-21-19(26-27-33-21)20(30)24-14-15-2-4-16(23)5-3-15/h2-9H,10-14H2,1H3,(H,24,30)(H,25,31). The Hall–Kier alpha value is -3.37. The molecule has 0 aliphatic carbocycles. The molecule has 9 nitrogen and oxygen atoms in total. The molecule has 1 aliphatic heterocycles. The average Bonchev–Trinajstić information content (AvgIpc) is 3.32. The summed E-state index contributed by atoms with van der Waals surface area (Å²) in [4.78, 5) is 29.3. The van der Waals surface area contributed by atoms with Gasteiger partial charge in [0.05, 0.1) is 7.11 Å². The maximum Gasteiger partial charge on any atom is 0.322 e. The van der Waals surface area contributed by atoms with Gasteiger partial charge in [-0.25, -0.2) is 4.79 Å². The second kappa shape index (κ2) is 10.5. The van der Waals surface area contributed by atoms with Crippen LogP contribution in [0.25, 0.3) is 0 Å². The van der Waals surface area contributed by atoms with E-state index >= 15 is 0 Å². The summed E-state index contributed by atoms with van der Waals surface area (Å²) in [6.45, 7) is 2.84. The lowest BCUT2D eigenvalue weighted by molar-refractivity contribution is 0.0946. The Kier molecular flexibility index (Phi) is 7.26. The van der Waals surface area contributed by atoms with Crippen molar-refractivity contribution < 1.29 is 14.3 Å². The van der Waals surface area contributed by atoms with E-state index in [1.807, 2.05) is 36.4 Å². The SMILES string of the molecule is COc1ccc(N2CCN(C(=O)Nc3snnc3C(=O)NCc3ccc(Cl)cc3)CC2)cc1. The third-order valence-corrected chi connectivity index (χ3v) is 6.19. The molecule has 1 aromatic heterocycles. The van der Waals surface area contributed by atoms with Gasteiger partial charge in [0.2, 0.25) is 0 Å². The first-order valence-corrected chi connectivity index (χ1v) is 11.5. The first-order chi connectivity index (χ1) is 16.0. The molecule has 4 rings (SSSR count). The number of carbonyl (C=O) groups is 2. The number of nitrogens with one attached hydrogen (secondary N) is 2. The summed E-state index contributed by atoms with van der Waals surface area (Å²) in [7, 11) is 1.64. The molecule has 0 saturated carbocycles. The summed E-state index contributed by atoms with van der Waals surface area (Å²) in [5.41, 5.74) is 2.08. The number of urea groups is 1. The van der Waals surface area contributed by atoms with Crippen LogP contribution in [0, 0.1) is 0 Å². The van der Waals surface area contributed by atoms with E-state index in [0.29, 0.717) is 42.7 Å². The summed E-state index contributed by atoms with van der Waals surface area (Å²) in [6.07, 6.45) is 0. The molecule has 0 bridgehead atoms. The van der Waals surface area contributed by atoms with E-state index in [4.69, 9.17) is 16.3 Å². The number of hydrogen-bond donors (Lipinski definition) is 2. The molecule has 2 heterocycles. The van der Waals surface area contributed by atoms with Gasteiger partial charge in [0.1, 0.15) is 5.75 Å². The van der Waals surface area contributed by atoms with E-state index in [-0.39, 0.29) is 11.7 Å². The van der Waals surface area contributed by atoms with Gasteiger partial charge in [0.25, 0.3) is 5.91 Å². The topological polar surface area (TPSA) is 99.7 Å². The van der Waals surface area contributed by atoms with Gasteiger partial charge in [0, 0.05) is 55.0 Å². The van der Waals surface area contributed by atoms with Gasteiger partial charge < -0.3 is 19.9 Å². The molecular weight excluding hydrogens is 464 g/mol. The Bertz CT molecular complexity index is 1100. The van der Waals surface area contributed by atoms with Crippen LogP contribution in [0.3, 0.4) is 0 Å². The third-order valence-electron chi connectivity index (χ3n) is 5.29. The molecule has 1 aliphatic rings. The predicted octanol–water partition coefficient (Wildman–Crippen LogP) is 3.48. The summed E-state index contributed by atoms with van der Waals surface area (Å²) in [6, 6.07) is 14.8. The smallest absolute Gasteiger partial charge is 0.322 e. The second-order valence-electron chi connectivity index (χ2n) is 7.36. The van der Waals surface area contributed by atoms with Crippen molar-refractivity contribution in [3.8, 4) is 5.75 Å². The van der Waals surface area contributed by atoms with Crippen LogP contribution >= 0.6 is 23.1 Å². The van der Waals surface area contributed by atoms with Crippen molar-refractivity contribution in [2.24, 2.45) is 0 Å². The van der Waals surface area contributed by atoms with Crippen LogP contribution in [0.2, 0.25) is 5.02 Å². The average molecular weight is 487 g/mol. The number of ether oxygens (including phenoxy) is 1. The molecule has 3 amide bonds. The van der Waals surface area contributed by atoms with Crippen molar-refractivity contribution in [2.45, 2.75) is 6.54 Å². The number of methoxy groups -OCH3 is 1. The summed E-state index contributed by atoms with van der Waals surface area (Å²) in [5, 5.41) is 10.4. The van der Waals surface area contributed by atoms with Gasteiger partial charge in [-0.2, -0.15) is 0 Å². The molecular formula is C22H23ClN6O3S. The lowest BCUT2D eigenvalue weighted by atomic mass is 10.2. The third kappa shape index (κ3) is 5.71. The largest absolute Gasteiger partial charge is 0.497 e. The van der Waals surface area contributed by atoms with E-state index in [0.717, 1.165) is 28.5 Å². The number of anilines is 2. The zero-order valence-corrected chi connectivity index (χ0v) is 19.5. The maximum atomic E-state index is 12.8. The van der Waals surface area contributed by atoms with Gasteiger partial charge in [-0.05, 0) is 42.0 Å². The van der Waals surface area contributed by atoms with Crippen LogP contribution in [0.5, 0.6) is 5.75 Å². The lowest BCUT2D eigenvalue weighted by Crippen LogP contribution is -2.50. The van der Waals surface area contributed by atoms with Crippen molar-refractivity contribution in [1.82, 2.24) is 19.8 Å². The molecule has 1 fully saturated rings. The molecule has 3 aromatic rings. The van der Waals surface area contributed by atoms with Crippen LogP contribution in [0.15, 0.2) is 48.5 Å². The molecule has 11 heteroatoms. The van der Waals surface area contributed by atoms with E-state index < -0.39 is 5.91 Å². The Morgan fingerprint density at radius 1 is 1.06 bits per heavy atom. The minimum Gasteiger partial charge on any atom is -0.497 e. The van der Waals surface area contributed by atoms with Crippen molar-refractivity contribution in [3.05, 3.63) is 64.8 Å². The first kappa shape index (κ1) is 22.8. The van der Waals surface area contributed by atoms with Crippen LogP contribution in [-0.2, 0) is 6.54 Å². The molecule has 0 unspecified atom stereocenters. The zero-order valence-electron chi connectivity index (χ0n) is 18.0. The molecule has 33 heavy (non-hydrogen) atoms. The van der Waals surface area contributed by atoms with E-state index in [9.17, 15) is 9.59 Å². The molecule has 2 N–H and O–H groups in total.